The number of hydrogen-bond donors (Lipinski definition) is 1. The molecule has 2 heteroatoms. The molecule has 0 bridgehead atoms. The maximum absolute atomic E-state index is 5.91. The summed E-state index contributed by atoms with van der Waals surface area (Å²) in [6.45, 7) is 2.05. The first-order chi connectivity index (χ1) is 10.6. The average Bonchev–Trinajstić information content (AvgIpc) is 2.58. The van der Waals surface area contributed by atoms with Gasteiger partial charge in [-0.25, -0.2) is 0 Å². The van der Waals surface area contributed by atoms with Crippen molar-refractivity contribution in [1.82, 2.24) is 0 Å². The number of anilines is 3. The largest absolute Gasteiger partial charge is 0.399 e. The van der Waals surface area contributed by atoms with Gasteiger partial charge in [0, 0.05) is 24.1 Å². The molecule has 0 heterocycles. The number of nitrogens with two attached hydrogens (primary N) is 1. The maximum atomic E-state index is 5.91. The van der Waals surface area contributed by atoms with Crippen LogP contribution in [0.15, 0.2) is 42.5 Å². The van der Waals surface area contributed by atoms with Crippen LogP contribution in [0, 0.1) is 6.92 Å². The standard InChI is InChI=1S/C20H26N2/c1-15-14-19(12-13-20(15)21)22(2)18-10-8-17(9-11-18)16-6-4-3-5-7-16/h8-14,16H,3-7,21H2,1-2H3. The second-order valence-electron chi connectivity index (χ2n) is 6.53. The second kappa shape index (κ2) is 6.43. The molecule has 2 nitrogen and oxygen atoms in total. The number of nitrogens with zero attached hydrogens (tertiary/aromatic N) is 1. The molecular weight excluding hydrogens is 268 g/mol. The van der Waals surface area contributed by atoms with Gasteiger partial charge in [0.1, 0.15) is 0 Å². The molecule has 116 valence electrons. The first kappa shape index (κ1) is 15.0. The lowest BCUT2D eigenvalue weighted by Gasteiger charge is -2.24. The third-order valence-electron chi connectivity index (χ3n) is 5.00. The molecule has 0 aromatic heterocycles. The van der Waals surface area contributed by atoms with Crippen LogP contribution in [-0.4, -0.2) is 7.05 Å². The number of aryl methyl sites for hydroxylation is 1. The van der Waals surface area contributed by atoms with Crippen molar-refractivity contribution in [3.8, 4) is 0 Å². The van der Waals surface area contributed by atoms with Crippen LogP contribution in [0.3, 0.4) is 0 Å². The van der Waals surface area contributed by atoms with E-state index in [1.54, 1.807) is 0 Å². The smallest absolute Gasteiger partial charge is 0.0412 e. The molecule has 1 aliphatic rings. The third kappa shape index (κ3) is 3.11. The zero-order valence-electron chi connectivity index (χ0n) is 13.7. The third-order valence-corrected chi connectivity index (χ3v) is 5.00. The van der Waals surface area contributed by atoms with Crippen molar-refractivity contribution in [2.75, 3.05) is 17.7 Å². The molecule has 0 atom stereocenters. The van der Waals surface area contributed by atoms with Crippen LogP contribution >= 0.6 is 0 Å². The first-order valence-corrected chi connectivity index (χ1v) is 8.35. The molecule has 2 N–H and O–H groups in total. The Morgan fingerprint density at radius 1 is 0.909 bits per heavy atom. The van der Waals surface area contributed by atoms with Gasteiger partial charge in [-0.05, 0) is 67.1 Å². The molecule has 1 saturated carbocycles. The topological polar surface area (TPSA) is 29.3 Å². The fourth-order valence-corrected chi connectivity index (χ4v) is 3.42. The van der Waals surface area contributed by atoms with E-state index >= 15 is 0 Å². The maximum Gasteiger partial charge on any atom is 0.0412 e. The average molecular weight is 294 g/mol. The molecule has 0 saturated heterocycles. The summed E-state index contributed by atoms with van der Waals surface area (Å²) >= 11 is 0. The minimum absolute atomic E-state index is 0.770. The molecule has 1 aliphatic carbocycles. The molecule has 0 spiro atoms. The predicted octanol–water partition coefficient (Wildman–Crippen LogP) is 5.39. The van der Waals surface area contributed by atoms with E-state index in [0.29, 0.717) is 0 Å². The Kier molecular flexibility index (Phi) is 4.37. The monoisotopic (exact) mass is 294 g/mol. The number of rotatable bonds is 3. The Morgan fingerprint density at radius 2 is 1.55 bits per heavy atom. The Morgan fingerprint density at radius 3 is 2.18 bits per heavy atom. The zero-order valence-corrected chi connectivity index (χ0v) is 13.7. The first-order valence-electron chi connectivity index (χ1n) is 8.35. The second-order valence-corrected chi connectivity index (χ2v) is 6.53. The fourth-order valence-electron chi connectivity index (χ4n) is 3.42. The molecule has 3 rings (SSSR count). The molecule has 1 fully saturated rings. The molecule has 2 aromatic rings. The highest BCUT2D eigenvalue weighted by Crippen LogP contribution is 2.34. The highest BCUT2D eigenvalue weighted by atomic mass is 15.1. The summed E-state index contributed by atoms with van der Waals surface area (Å²) in [6, 6.07) is 15.3. The van der Waals surface area contributed by atoms with Gasteiger partial charge < -0.3 is 10.6 Å². The minimum Gasteiger partial charge on any atom is -0.399 e. The van der Waals surface area contributed by atoms with Crippen molar-refractivity contribution in [1.29, 1.82) is 0 Å². The van der Waals surface area contributed by atoms with Crippen LogP contribution in [0.25, 0.3) is 0 Å². The number of benzene rings is 2. The van der Waals surface area contributed by atoms with Crippen molar-refractivity contribution in [3.05, 3.63) is 53.6 Å². The SMILES string of the molecule is Cc1cc(N(C)c2ccc(C3CCCCC3)cc2)ccc1N. The summed E-state index contributed by atoms with van der Waals surface area (Å²) in [7, 11) is 2.11. The van der Waals surface area contributed by atoms with Crippen molar-refractivity contribution in [2.24, 2.45) is 0 Å². The van der Waals surface area contributed by atoms with E-state index < -0.39 is 0 Å². The summed E-state index contributed by atoms with van der Waals surface area (Å²) in [5.74, 6) is 0.770. The van der Waals surface area contributed by atoms with E-state index in [4.69, 9.17) is 5.73 Å². The van der Waals surface area contributed by atoms with Gasteiger partial charge >= 0.3 is 0 Å². The molecule has 0 unspecified atom stereocenters. The van der Waals surface area contributed by atoms with Crippen LogP contribution in [0.5, 0.6) is 0 Å². The van der Waals surface area contributed by atoms with E-state index in [9.17, 15) is 0 Å². The predicted molar refractivity (Wildman–Crippen MR) is 95.9 cm³/mol. The quantitative estimate of drug-likeness (QED) is 0.769. The molecule has 0 aliphatic heterocycles. The normalized spacial score (nSPS) is 15.7. The Bertz CT molecular complexity index is 625. The summed E-state index contributed by atoms with van der Waals surface area (Å²) < 4.78 is 0. The molecule has 0 amide bonds. The molecule has 0 radical (unpaired) electrons. The van der Waals surface area contributed by atoms with Gasteiger partial charge in [-0.3, -0.25) is 0 Å². The van der Waals surface area contributed by atoms with Crippen molar-refractivity contribution in [3.63, 3.8) is 0 Å². The van der Waals surface area contributed by atoms with Gasteiger partial charge in [0.15, 0.2) is 0 Å². The van der Waals surface area contributed by atoms with Crippen LogP contribution in [0.2, 0.25) is 0 Å². The Labute approximate surface area is 134 Å². The van der Waals surface area contributed by atoms with Crippen LogP contribution in [0.4, 0.5) is 17.1 Å². The summed E-state index contributed by atoms with van der Waals surface area (Å²) in [6.07, 6.45) is 6.89. The van der Waals surface area contributed by atoms with Gasteiger partial charge in [-0.2, -0.15) is 0 Å². The Hall–Kier alpha value is -1.96. The summed E-state index contributed by atoms with van der Waals surface area (Å²) in [4.78, 5) is 2.22. The minimum atomic E-state index is 0.770. The zero-order chi connectivity index (χ0) is 15.5. The van der Waals surface area contributed by atoms with Crippen LogP contribution < -0.4 is 10.6 Å². The highest BCUT2D eigenvalue weighted by molar-refractivity contribution is 5.66. The van der Waals surface area contributed by atoms with E-state index in [0.717, 1.165) is 17.2 Å². The molecular formula is C20H26N2. The summed E-state index contributed by atoms with van der Waals surface area (Å²) in [5, 5.41) is 0. The Balaban J connectivity index is 1.77. The highest BCUT2D eigenvalue weighted by Gasteiger charge is 2.15. The number of hydrogen-bond acceptors (Lipinski definition) is 2. The lowest BCUT2D eigenvalue weighted by atomic mass is 9.84. The lowest BCUT2D eigenvalue weighted by molar-refractivity contribution is 0.443. The van der Waals surface area contributed by atoms with E-state index in [2.05, 4.69) is 55.3 Å². The van der Waals surface area contributed by atoms with Gasteiger partial charge in [-0.1, -0.05) is 31.4 Å². The molecule has 22 heavy (non-hydrogen) atoms. The number of nitrogen functional groups attached to an aromatic ring is 1. The van der Waals surface area contributed by atoms with Gasteiger partial charge in [-0.15, -0.1) is 0 Å². The van der Waals surface area contributed by atoms with E-state index in [1.807, 2.05) is 6.07 Å². The molecule has 2 aromatic carbocycles. The van der Waals surface area contributed by atoms with Crippen LogP contribution in [-0.2, 0) is 0 Å². The van der Waals surface area contributed by atoms with Crippen molar-refractivity contribution < 1.29 is 0 Å². The summed E-state index contributed by atoms with van der Waals surface area (Å²) in [5.41, 5.74) is 11.8. The lowest BCUT2D eigenvalue weighted by Crippen LogP contribution is -2.10. The van der Waals surface area contributed by atoms with E-state index in [1.165, 1.54) is 49.0 Å². The van der Waals surface area contributed by atoms with Crippen LogP contribution in [0.1, 0.15) is 49.1 Å². The van der Waals surface area contributed by atoms with Gasteiger partial charge in [0.05, 0.1) is 0 Å². The van der Waals surface area contributed by atoms with E-state index in [-0.39, 0.29) is 0 Å². The van der Waals surface area contributed by atoms with Gasteiger partial charge in [0.25, 0.3) is 0 Å². The van der Waals surface area contributed by atoms with Crippen molar-refractivity contribution in [2.45, 2.75) is 44.9 Å². The van der Waals surface area contributed by atoms with Gasteiger partial charge in [0.2, 0.25) is 0 Å². The fraction of sp³-hybridized carbons (Fsp3) is 0.400. The van der Waals surface area contributed by atoms with Crippen molar-refractivity contribution >= 4 is 17.1 Å².